The smallest absolute Gasteiger partial charge is 0.246 e. The molecule has 0 bridgehead atoms. The molecule has 1 aromatic heterocycles. The summed E-state index contributed by atoms with van der Waals surface area (Å²) >= 11 is 0. The van der Waals surface area contributed by atoms with Crippen LogP contribution in [0.25, 0.3) is 5.69 Å². The van der Waals surface area contributed by atoms with Crippen molar-refractivity contribution >= 4 is 24.2 Å². The normalized spacial score (nSPS) is 22.5. The number of amides is 2. The first-order valence-electron chi connectivity index (χ1n) is 15.0. The first-order chi connectivity index (χ1) is 19.2. The minimum atomic E-state index is -0.871. The fraction of sp³-hybridized carbons (Fsp3) is 0.645. The van der Waals surface area contributed by atoms with E-state index in [1.165, 1.54) is 12.1 Å². The Kier molecular flexibility index (Phi) is 9.81. The number of unbranched alkanes of at least 4 members (excludes halogenated alkanes) is 1. The van der Waals surface area contributed by atoms with Crippen molar-refractivity contribution in [2.45, 2.75) is 109 Å². The average Bonchev–Trinajstić information content (AvgIpc) is 3.22. The molecular weight excluding hydrogens is 545 g/mol. The lowest BCUT2D eigenvalue weighted by molar-refractivity contribution is -0.163. The fourth-order valence-corrected chi connectivity index (χ4v) is 6.99. The number of piperidine rings is 1. The lowest BCUT2D eigenvalue weighted by Gasteiger charge is -2.52. The van der Waals surface area contributed by atoms with E-state index >= 15 is 0 Å². The topological polar surface area (TPSA) is 90.7 Å². The van der Waals surface area contributed by atoms with E-state index in [1.54, 1.807) is 12.1 Å². The number of piperazine rings is 1. The molecule has 226 valence electrons. The number of aliphatic hydroxyl groups is 1. The highest BCUT2D eigenvalue weighted by molar-refractivity contribution is 6.00. The summed E-state index contributed by atoms with van der Waals surface area (Å²) in [4.78, 5) is 31.8. The number of likely N-dealkylation sites (tertiary alicyclic amines) is 1. The quantitative estimate of drug-likeness (QED) is 0.470. The molecule has 1 aliphatic carbocycles. The highest BCUT2D eigenvalue weighted by atomic mass is 35.5. The van der Waals surface area contributed by atoms with Gasteiger partial charge in [-0.05, 0) is 70.2 Å². The highest BCUT2D eigenvalue weighted by Crippen LogP contribution is 2.38. The molecule has 3 aliphatic rings. The van der Waals surface area contributed by atoms with Gasteiger partial charge in [0.25, 0.3) is 0 Å². The van der Waals surface area contributed by atoms with Crippen LogP contribution in [0.4, 0.5) is 4.39 Å². The Bertz CT molecular complexity index is 1220. The van der Waals surface area contributed by atoms with Crippen molar-refractivity contribution in [1.82, 2.24) is 24.9 Å². The van der Waals surface area contributed by atoms with Crippen LogP contribution in [0.1, 0.15) is 88.1 Å². The number of aromatic nitrogens is 2. The summed E-state index contributed by atoms with van der Waals surface area (Å²) in [5.41, 5.74) is 2.19. The second kappa shape index (κ2) is 12.8. The molecule has 1 atom stereocenters. The Morgan fingerprint density at radius 1 is 1.05 bits per heavy atom. The third-order valence-corrected chi connectivity index (χ3v) is 9.49. The number of aryl methyl sites for hydroxylation is 1. The van der Waals surface area contributed by atoms with E-state index in [2.05, 4.69) is 17.1 Å². The van der Waals surface area contributed by atoms with E-state index in [0.29, 0.717) is 58.3 Å². The Labute approximate surface area is 249 Å². The van der Waals surface area contributed by atoms with Crippen LogP contribution in [0.15, 0.2) is 24.3 Å². The zero-order chi connectivity index (χ0) is 28.5. The predicted octanol–water partition coefficient (Wildman–Crippen LogP) is 4.60. The third-order valence-electron chi connectivity index (χ3n) is 9.49. The third kappa shape index (κ3) is 6.32. The largest absolute Gasteiger partial charge is 0.390 e. The minimum absolute atomic E-state index is 0. The maximum absolute atomic E-state index is 13.8. The molecule has 0 unspecified atom stereocenters. The number of benzene rings is 1. The van der Waals surface area contributed by atoms with Gasteiger partial charge in [-0.15, -0.1) is 12.4 Å². The van der Waals surface area contributed by atoms with Crippen molar-refractivity contribution in [3.05, 3.63) is 47.0 Å². The Hall–Kier alpha value is -2.49. The molecule has 2 aromatic rings. The van der Waals surface area contributed by atoms with Gasteiger partial charge >= 0.3 is 0 Å². The van der Waals surface area contributed by atoms with E-state index in [4.69, 9.17) is 5.10 Å². The van der Waals surface area contributed by atoms with Gasteiger partial charge in [0.2, 0.25) is 11.8 Å². The Morgan fingerprint density at radius 2 is 1.71 bits per heavy atom. The standard InChI is InChI=1S/C31H44FN5O3.ClH/c1-4-5-17-36-28(38)27(20-30(40)13-7-6-8-14-30)33-29(39)31(36)15-18-35(19-16-31)21-26-22(2)34-37(23(26)3)25-11-9-24(32)10-12-25;/h9-12,27,40H,4-8,13-21H2,1-3H3,(H,33,39);1H/t27-;/m1./s1. The summed E-state index contributed by atoms with van der Waals surface area (Å²) in [5, 5.41) is 18.9. The number of halogens is 2. The summed E-state index contributed by atoms with van der Waals surface area (Å²) in [5.74, 6) is -0.376. The van der Waals surface area contributed by atoms with Crippen molar-refractivity contribution in [3.63, 3.8) is 0 Å². The van der Waals surface area contributed by atoms with Crippen molar-refractivity contribution in [3.8, 4) is 5.69 Å². The maximum atomic E-state index is 13.8. The van der Waals surface area contributed by atoms with Gasteiger partial charge in [0.15, 0.2) is 0 Å². The maximum Gasteiger partial charge on any atom is 0.246 e. The molecule has 2 N–H and O–H groups in total. The molecule has 1 aromatic carbocycles. The second-order valence-electron chi connectivity index (χ2n) is 12.2. The van der Waals surface area contributed by atoms with E-state index in [1.807, 2.05) is 23.4 Å². The number of nitrogens with one attached hydrogen (secondary N) is 1. The van der Waals surface area contributed by atoms with Crippen LogP contribution < -0.4 is 5.32 Å². The molecule has 2 saturated heterocycles. The SMILES string of the molecule is CCCCN1C(=O)[C@@H](CC2(O)CCCCC2)NC(=O)C12CCN(Cc1c(C)nn(-c3ccc(F)cc3)c1C)CC2.Cl. The Morgan fingerprint density at radius 3 is 2.34 bits per heavy atom. The molecule has 1 saturated carbocycles. The van der Waals surface area contributed by atoms with Crippen molar-refractivity contribution in [2.75, 3.05) is 19.6 Å². The van der Waals surface area contributed by atoms with Crippen LogP contribution in [-0.4, -0.2) is 73.3 Å². The van der Waals surface area contributed by atoms with Crippen molar-refractivity contribution in [2.24, 2.45) is 0 Å². The van der Waals surface area contributed by atoms with Gasteiger partial charge in [-0.1, -0.05) is 32.6 Å². The molecular formula is C31H45ClFN5O3. The first kappa shape index (κ1) is 31.4. The lowest BCUT2D eigenvalue weighted by atomic mass is 9.77. The number of hydrogen-bond acceptors (Lipinski definition) is 5. The summed E-state index contributed by atoms with van der Waals surface area (Å²) < 4.78 is 15.3. The van der Waals surface area contributed by atoms with Gasteiger partial charge in [-0.3, -0.25) is 14.5 Å². The molecule has 2 amide bonds. The van der Waals surface area contributed by atoms with Crippen LogP contribution in [-0.2, 0) is 16.1 Å². The van der Waals surface area contributed by atoms with Crippen LogP contribution in [0.2, 0.25) is 0 Å². The average molecular weight is 590 g/mol. The molecule has 5 rings (SSSR count). The number of carbonyl (C=O) groups is 2. The van der Waals surface area contributed by atoms with E-state index < -0.39 is 17.2 Å². The number of rotatable bonds is 8. The summed E-state index contributed by atoms with van der Waals surface area (Å²) in [6.45, 7) is 8.79. The van der Waals surface area contributed by atoms with Gasteiger partial charge in [0.05, 0.1) is 17.0 Å². The molecule has 8 nitrogen and oxygen atoms in total. The zero-order valence-electron chi connectivity index (χ0n) is 24.6. The predicted molar refractivity (Wildman–Crippen MR) is 159 cm³/mol. The molecule has 2 aliphatic heterocycles. The number of hydrogen-bond donors (Lipinski definition) is 2. The molecule has 10 heteroatoms. The summed E-state index contributed by atoms with van der Waals surface area (Å²) in [7, 11) is 0. The number of carbonyl (C=O) groups excluding carboxylic acids is 2. The van der Waals surface area contributed by atoms with Gasteiger partial charge < -0.3 is 15.3 Å². The van der Waals surface area contributed by atoms with Gasteiger partial charge in [0, 0.05) is 43.9 Å². The van der Waals surface area contributed by atoms with Crippen molar-refractivity contribution in [1.29, 1.82) is 0 Å². The zero-order valence-corrected chi connectivity index (χ0v) is 25.4. The molecule has 0 radical (unpaired) electrons. The minimum Gasteiger partial charge on any atom is -0.390 e. The van der Waals surface area contributed by atoms with E-state index in [0.717, 1.165) is 54.7 Å². The molecule has 3 heterocycles. The monoisotopic (exact) mass is 589 g/mol. The van der Waals surface area contributed by atoms with Gasteiger partial charge in [-0.25, -0.2) is 9.07 Å². The molecule has 41 heavy (non-hydrogen) atoms. The van der Waals surface area contributed by atoms with Crippen molar-refractivity contribution < 1.29 is 19.1 Å². The molecule has 1 spiro atoms. The fourth-order valence-electron chi connectivity index (χ4n) is 6.99. The summed E-state index contributed by atoms with van der Waals surface area (Å²) in [6, 6.07) is 5.69. The first-order valence-corrected chi connectivity index (χ1v) is 15.0. The van der Waals surface area contributed by atoms with Crippen LogP contribution in [0, 0.1) is 19.7 Å². The number of nitrogens with zero attached hydrogens (tertiary/aromatic N) is 4. The van der Waals surface area contributed by atoms with E-state index in [-0.39, 0.29) is 30.0 Å². The van der Waals surface area contributed by atoms with Crippen LogP contribution >= 0.6 is 12.4 Å². The van der Waals surface area contributed by atoms with Crippen LogP contribution in [0.5, 0.6) is 0 Å². The lowest BCUT2D eigenvalue weighted by Crippen LogP contribution is -2.73. The van der Waals surface area contributed by atoms with Gasteiger partial charge in [0.1, 0.15) is 17.4 Å². The van der Waals surface area contributed by atoms with E-state index in [9.17, 15) is 19.1 Å². The molecule has 3 fully saturated rings. The Balaban J connectivity index is 0.00000387. The second-order valence-corrected chi connectivity index (χ2v) is 12.2. The summed E-state index contributed by atoms with van der Waals surface area (Å²) in [6.07, 6.45) is 7.68. The van der Waals surface area contributed by atoms with Gasteiger partial charge in [-0.2, -0.15) is 5.10 Å². The highest BCUT2D eigenvalue weighted by Gasteiger charge is 2.54. The van der Waals surface area contributed by atoms with Crippen LogP contribution in [0.3, 0.4) is 0 Å².